The molecule has 0 spiro atoms. The Morgan fingerprint density at radius 1 is 1.28 bits per heavy atom. The lowest BCUT2D eigenvalue weighted by Gasteiger charge is -2.29. The summed E-state index contributed by atoms with van der Waals surface area (Å²) in [5.41, 5.74) is 0.925. The largest absolute Gasteiger partial charge is 0.454 e. The first kappa shape index (κ1) is 17.3. The van der Waals surface area contributed by atoms with Gasteiger partial charge in [0, 0.05) is 6.04 Å². The van der Waals surface area contributed by atoms with E-state index < -0.39 is 11.7 Å². The number of hydrogen-bond donors (Lipinski definition) is 1. The van der Waals surface area contributed by atoms with Gasteiger partial charge in [-0.3, -0.25) is 14.2 Å². The second-order valence-electron chi connectivity index (χ2n) is 6.52. The van der Waals surface area contributed by atoms with Crippen LogP contribution >= 0.6 is 0 Å². The summed E-state index contributed by atoms with van der Waals surface area (Å²) in [5, 5.41) is 2.92. The van der Waals surface area contributed by atoms with Crippen LogP contribution in [0.5, 0.6) is 0 Å². The highest BCUT2D eigenvalue weighted by Gasteiger charge is 2.23. The van der Waals surface area contributed by atoms with Gasteiger partial charge in [-0.05, 0) is 30.9 Å². The number of oxazole rings is 1. The van der Waals surface area contributed by atoms with Crippen LogP contribution in [0.4, 0.5) is 0 Å². The molecule has 0 aliphatic heterocycles. The number of carbonyl (C=O) groups excluding carboxylic acids is 2. The van der Waals surface area contributed by atoms with Gasteiger partial charge in [0.2, 0.25) is 0 Å². The maximum atomic E-state index is 12.0. The van der Waals surface area contributed by atoms with Crippen molar-refractivity contribution in [3.05, 3.63) is 34.8 Å². The van der Waals surface area contributed by atoms with Crippen LogP contribution in [0.2, 0.25) is 0 Å². The van der Waals surface area contributed by atoms with E-state index in [2.05, 4.69) is 12.2 Å². The second-order valence-corrected chi connectivity index (χ2v) is 6.52. The molecule has 7 nitrogen and oxygen atoms in total. The average molecular weight is 346 g/mol. The lowest BCUT2D eigenvalue weighted by atomic mass is 9.86. The molecule has 0 radical (unpaired) electrons. The molecule has 1 aromatic carbocycles. The van der Waals surface area contributed by atoms with Crippen molar-refractivity contribution in [1.82, 2.24) is 9.88 Å². The molecule has 7 heteroatoms. The number of rotatable bonds is 5. The van der Waals surface area contributed by atoms with E-state index in [0.717, 1.165) is 19.3 Å². The number of carbonyl (C=O) groups is 2. The number of nitrogens with one attached hydrogen (secondary N) is 1. The zero-order chi connectivity index (χ0) is 17.8. The lowest BCUT2D eigenvalue weighted by Crippen LogP contribution is -2.43. The molecule has 1 N–H and O–H groups in total. The zero-order valence-electron chi connectivity index (χ0n) is 14.2. The molecule has 2 aromatic rings. The molecule has 1 fully saturated rings. The Balaban J connectivity index is 1.53. The fourth-order valence-electron chi connectivity index (χ4n) is 3.26. The molecule has 2 atom stereocenters. The van der Waals surface area contributed by atoms with Crippen LogP contribution in [0.15, 0.2) is 33.5 Å². The molecule has 1 aliphatic carbocycles. The third-order valence-corrected chi connectivity index (χ3v) is 4.68. The molecule has 1 aliphatic rings. The third kappa shape index (κ3) is 4.10. The summed E-state index contributed by atoms with van der Waals surface area (Å²) >= 11 is 0. The first-order valence-corrected chi connectivity index (χ1v) is 8.58. The molecule has 134 valence electrons. The van der Waals surface area contributed by atoms with Crippen molar-refractivity contribution in [3.63, 3.8) is 0 Å². The van der Waals surface area contributed by atoms with Crippen LogP contribution in [-0.4, -0.2) is 29.1 Å². The van der Waals surface area contributed by atoms with E-state index in [4.69, 9.17) is 9.15 Å². The van der Waals surface area contributed by atoms with Gasteiger partial charge >= 0.3 is 11.7 Å². The van der Waals surface area contributed by atoms with Crippen molar-refractivity contribution >= 4 is 23.0 Å². The summed E-state index contributed by atoms with van der Waals surface area (Å²) in [7, 11) is 0. The number of ether oxygens (including phenoxy) is 1. The molecule has 25 heavy (non-hydrogen) atoms. The number of esters is 1. The van der Waals surface area contributed by atoms with E-state index in [0.29, 0.717) is 17.0 Å². The van der Waals surface area contributed by atoms with E-state index in [9.17, 15) is 14.4 Å². The van der Waals surface area contributed by atoms with Crippen molar-refractivity contribution in [2.75, 3.05) is 6.61 Å². The SMILES string of the molecule is C[C@H]1CCCC[C@H]1NC(=O)COC(=O)Cn1c(=O)oc2ccccc21. The van der Waals surface area contributed by atoms with Gasteiger partial charge in [0.05, 0.1) is 5.52 Å². The first-order chi connectivity index (χ1) is 12.0. The Kier molecular flexibility index (Phi) is 5.21. The minimum absolute atomic E-state index is 0.139. The highest BCUT2D eigenvalue weighted by molar-refractivity contribution is 5.81. The molecule has 0 bridgehead atoms. The molecule has 0 saturated heterocycles. The molecular formula is C18H22N2O5. The van der Waals surface area contributed by atoms with Crippen molar-refractivity contribution < 1.29 is 18.7 Å². The Bertz CT molecular complexity index is 822. The summed E-state index contributed by atoms with van der Waals surface area (Å²) in [4.78, 5) is 35.8. The van der Waals surface area contributed by atoms with Crippen LogP contribution in [-0.2, 0) is 20.9 Å². The maximum absolute atomic E-state index is 12.0. The van der Waals surface area contributed by atoms with E-state index in [1.165, 1.54) is 11.0 Å². The van der Waals surface area contributed by atoms with Gasteiger partial charge in [-0.25, -0.2) is 4.79 Å². The molecule has 1 heterocycles. The number of para-hydroxylation sites is 2. The fourth-order valence-corrected chi connectivity index (χ4v) is 3.26. The smallest absolute Gasteiger partial charge is 0.420 e. The van der Waals surface area contributed by atoms with Crippen LogP contribution in [0.1, 0.15) is 32.6 Å². The third-order valence-electron chi connectivity index (χ3n) is 4.68. The van der Waals surface area contributed by atoms with E-state index in [1.54, 1.807) is 24.3 Å². The normalized spacial score (nSPS) is 20.4. The number of benzene rings is 1. The average Bonchev–Trinajstić information content (AvgIpc) is 2.91. The highest BCUT2D eigenvalue weighted by atomic mass is 16.5. The zero-order valence-corrected chi connectivity index (χ0v) is 14.2. The van der Waals surface area contributed by atoms with Crippen molar-refractivity contribution in [2.45, 2.75) is 45.2 Å². The minimum Gasteiger partial charge on any atom is -0.454 e. The monoisotopic (exact) mass is 346 g/mol. The molecule has 1 aromatic heterocycles. The summed E-state index contributed by atoms with van der Waals surface area (Å²) in [6, 6.07) is 6.96. The van der Waals surface area contributed by atoms with Gasteiger partial charge < -0.3 is 14.5 Å². The van der Waals surface area contributed by atoms with Crippen LogP contribution in [0.25, 0.3) is 11.1 Å². The number of amides is 1. The van der Waals surface area contributed by atoms with Crippen molar-refractivity contribution in [1.29, 1.82) is 0 Å². The van der Waals surface area contributed by atoms with Gasteiger partial charge in [0.25, 0.3) is 5.91 Å². The van der Waals surface area contributed by atoms with Gasteiger partial charge in [-0.1, -0.05) is 31.9 Å². The predicted molar refractivity (Wildman–Crippen MR) is 91.0 cm³/mol. The standard InChI is InChI=1S/C18H22N2O5/c1-12-6-2-3-7-13(12)19-16(21)11-24-17(22)10-20-14-8-4-5-9-15(14)25-18(20)23/h4-5,8-9,12-13H,2-3,6-7,10-11H2,1H3,(H,19,21)/t12-,13+/m0/s1. The summed E-state index contributed by atoms with van der Waals surface area (Å²) in [6.07, 6.45) is 4.35. The number of hydrogen-bond acceptors (Lipinski definition) is 5. The van der Waals surface area contributed by atoms with Crippen LogP contribution in [0.3, 0.4) is 0 Å². The van der Waals surface area contributed by atoms with E-state index in [1.807, 2.05) is 0 Å². The fraction of sp³-hybridized carbons (Fsp3) is 0.500. The minimum atomic E-state index is -0.652. The molecule has 1 saturated carbocycles. The lowest BCUT2D eigenvalue weighted by molar-refractivity contribution is -0.149. The summed E-state index contributed by atoms with van der Waals surface area (Å²) in [6.45, 7) is 1.49. The summed E-state index contributed by atoms with van der Waals surface area (Å²) < 4.78 is 11.3. The maximum Gasteiger partial charge on any atom is 0.420 e. The Hall–Kier alpha value is -2.57. The predicted octanol–water partition coefficient (Wildman–Crippen LogP) is 1.83. The Morgan fingerprint density at radius 3 is 2.84 bits per heavy atom. The first-order valence-electron chi connectivity index (χ1n) is 8.58. The van der Waals surface area contributed by atoms with E-state index in [-0.39, 0.29) is 25.1 Å². The molecular weight excluding hydrogens is 324 g/mol. The van der Waals surface area contributed by atoms with E-state index >= 15 is 0 Å². The summed E-state index contributed by atoms with van der Waals surface area (Å²) in [5.74, 6) is -1.15. The quantitative estimate of drug-likeness (QED) is 0.834. The highest BCUT2D eigenvalue weighted by Crippen LogP contribution is 2.23. The van der Waals surface area contributed by atoms with Gasteiger partial charge in [0.15, 0.2) is 12.2 Å². The number of nitrogens with zero attached hydrogens (tertiary/aromatic N) is 1. The van der Waals surface area contributed by atoms with Crippen molar-refractivity contribution in [2.24, 2.45) is 5.92 Å². The van der Waals surface area contributed by atoms with Crippen LogP contribution < -0.4 is 11.1 Å². The molecule has 3 rings (SSSR count). The topological polar surface area (TPSA) is 90.5 Å². The van der Waals surface area contributed by atoms with Gasteiger partial charge in [-0.2, -0.15) is 0 Å². The second kappa shape index (κ2) is 7.55. The number of aromatic nitrogens is 1. The Labute approximate surface area is 144 Å². The molecule has 0 unspecified atom stereocenters. The van der Waals surface area contributed by atoms with Crippen LogP contribution in [0, 0.1) is 5.92 Å². The van der Waals surface area contributed by atoms with Crippen molar-refractivity contribution in [3.8, 4) is 0 Å². The molecule has 1 amide bonds. The Morgan fingerprint density at radius 2 is 2.04 bits per heavy atom. The number of fused-ring (bicyclic) bond motifs is 1. The van der Waals surface area contributed by atoms with Gasteiger partial charge in [-0.15, -0.1) is 0 Å². The van der Waals surface area contributed by atoms with Gasteiger partial charge in [0.1, 0.15) is 6.54 Å².